The molecule has 7 nitrogen and oxygen atoms in total. The molecule has 3 aliphatic rings. The number of carbonyl (C=O) groups excluding carboxylic acids is 3. The smallest absolute Gasteiger partial charge is 0.245 e. The van der Waals surface area contributed by atoms with Gasteiger partial charge in [-0.2, -0.15) is 5.10 Å². The molecule has 4 unspecified atom stereocenters. The van der Waals surface area contributed by atoms with Gasteiger partial charge < -0.3 is 5.32 Å². The molecule has 2 saturated heterocycles. The van der Waals surface area contributed by atoms with Gasteiger partial charge >= 0.3 is 0 Å². The van der Waals surface area contributed by atoms with Gasteiger partial charge in [-0.05, 0) is 53.1 Å². The van der Waals surface area contributed by atoms with E-state index < -0.39 is 41.6 Å². The second kappa shape index (κ2) is 8.97. The van der Waals surface area contributed by atoms with Crippen molar-refractivity contribution >= 4 is 52.8 Å². The number of hydrogen-bond donors (Lipinski definition) is 1. The van der Waals surface area contributed by atoms with Crippen LogP contribution in [0, 0.1) is 17.7 Å². The largest absolute Gasteiger partial charge is 0.350 e. The summed E-state index contributed by atoms with van der Waals surface area (Å²) in [5, 5.41) is 9.32. The van der Waals surface area contributed by atoms with Crippen molar-refractivity contribution < 1.29 is 18.8 Å². The van der Waals surface area contributed by atoms with Crippen LogP contribution in [0.1, 0.15) is 22.7 Å². The molecule has 1 N–H and O–H groups in total. The highest BCUT2D eigenvalue weighted by Crippen LogP contribution is 2.52. The molecule has 2 fully saturated rings. The monoisotopic (exact) mass is 536 g/mol. The van der Waals surface area contributed by atoms with Gasteiger partial charge in [0, 0.05) is 11.6 Å². The molecule has 3 aromatic rings. The van der Waals surface area contributed by atoms with Crippen LogP contribution in [0.2, 0.25) is 10.0 Å². The Morgan fingerprint density at radius 1 is 0.973 bits per heavy atom. The first-order valence-corrected chi connectivity index (χ1v) is 12.4. The Kier molecular flexibility index (Phi) is 5.73. The lowest BCUT2D eigenvalue weighted by atomic mass is 9.85. The van der Waals surface area contributed by atoms with E-state index in [1.54, 1.807) is 35.5 Å². The van der Waals surface area contributed by atoms with Crippen molar-refractivity contribution in [3.05, 3.63) is 99.3 Å². The molecule has 3 amide bonds. The summed E-state index contributed by atoms with van der Waals surface area (Å²) in [7, 11) is 0. The van der Waals surface area contributed by atoms with Crippen LogP contribution in [-0.2, 0) is 20.9 Å². The van der Waals surface area contributed by atoms with Crippen LogP contribution in [0.25, 0.3) is 0 Å². The number of halogens is 3. The maximum atomic E-state index is 13.8. The summed E-state index contributed by atoms with van der Waals surface area (Å²) in [6.07, 6.45) is 1.64. The molecule has 0 saturated carbocycles. The van der Waals surface area contributed by atoms with Crippen LogP contribution in [0.3, 0.4) is 0 Å². The van der Waals surface area contributed by atoms with Gasteiger partial charge in [0.05, 0.1) is 34.8 Å². The molecule has 0 bridgehead atoms. The Labute approximate surface area is 221 Å². The van der Waals surface area contributed by atoms with E-state index in [0.29, 0.717) is 16.3 Å². The van der Waals surface area contributed by atoms with Crippen molar-refractivity contribution in [3.8, 4) is 0 Å². The third kappa shape index (κ3) is 3.79. The van der Waals surface area contributed by atoms with E-state index >= 15 is 0 Å². The van der Waals surface area contributed by atoms with Crippen LogP contribution < -0.4 is 10.2 Å². The standard InChI is InChI=1S/C27H19Cl2FN4O3/c28-16-6-8-17(9-7-16)33-26(36)21-22(27(33)37)24(25(35)31-12-14-5-10-20(30)19(29)11-14)34-23(21)18-4-2-1-3-15(18)13-32-34/h1-11,13,21-24H,12H2,(H,31,35). The van der Waals surface area contributed by atoms with Gasteiger partial charge in [0.2, 0.25) is 17.7 Å². The van der Waals surface area contributed by atoms with Gasteiger partial charge in [-0.25, -0.2) is 9.29 Å². The molecule has 4 atom stereocenters. The van der Waals surface area contributed by atoms with E-state index in [0.717, 1.165) is 16.0 Å². The predicted octanol–water partition coefficient (Wildman–Crippen LogP) is 4.33. The van der Waals surface area contributed by atoms with E-state index in [9.17, 15) is 18.8 Å². The fourth-order valence-corrected chi connectivity index (χ4v) is 5.79. The molecule has 0 radical (unpaired) electrons. The fourth-order valence-electron chi connectivity index (χ4n) is 5.46. The number of benzene rings is 3. The zero-order valence-corrected chi connectivity index (χ0v) is 20.7. The molecular weight excluding hydrogens is 518 g/mol. The lowest BCUT2D eigenvalue weighted by Crippen LogP contribution is -2.48. The number of hydrogen-bond acceptors (Lipinski definition) is 5. The lowest BCUT2D eigenvalue weighted by molar-refractivity contribution is -0.132. The van der Waals surface area contributed by atoms with Crippen LogP contribution in [0.15, 0.2) is 71.8 Å². The Hall–Kier alpha value is -3.75. The Bertz CT molecular complexity index is 1480. The summed E-state index contributed by atoms with van der Waals surface area (Å²) >= 11 is 11.9. The third-order valence-corrected chi connectivity index (χ3v) is 7.64. The van der Waals surface area contributed by atoms with Gasteiger partial charge in [-0.15, -0.1) is 0 Å². The highest BCUT2D eigenvalue weighted by Gasteiger charge is 2.65. The third-order valence-electron chi connectivity index (χ3n) is 7.10. The van der Waals surface area contributed by atoms with Crippen molar-refractivity contribution in [2.75, 3.05) is 4.90 Å². The minimum atomic E-state index is -1.02. The minimum absolute atomic E-state index is 0.0554. The first-order valence-electron chi connectivity index (χ1n) is 11.6. The zero-order chi connectivity index (χ0) is 25.8. The summed E-state index contributed by atoms with van der Waals surface area (Å²) in [6, 6.07) is 16.5. The number of nitrogens with one attached hydrogen (secondary N) is 1. The van der Waals surface area contributed by atoms with Crippen molar-refractivity contribution in [1.82, 2.24) is 10.3 Å². The topological polar surface area (TPSA) is 82.1 Å². The van der Waals surface area contributed by atoms with Crippen molar-refractivity contribution in [2.45, 2.75) is 18.6 Å². The second-order valence-electron chi connectivity index (χ2n) is 9.15. The predicted molar refractivity (Wildman–Crippen MR) is 137 cm³/mol. The van der Waals surface area contributed by atoms with Crippen molar-refractivity contribution in [3.63, 3.8) is 0 Å². The van der Waals surface area contributed by atoms with Crippen LogP contribution in [-0.4, -0.2) is 35.0 Å². The Morgan fingerprint density at radius 3 is 2.46 bits per heavy atom. The summed E-state index contributed by atoms with van der Waals surface area (Å²) in [4.78, 5) is 42.3. The molecule has 3 heterocycles. The highest BCUT2D eigenvalue weighted by atomic mass is 35.5. The van der Waals surface area contributed by atoms with Crippen molar-refractivity contribution in [1.29, 1.82) is 0 Å². The number of fused-ring (bicyclic) bond motifs is 5. The number of hydrazone groups is 1. The molecule has 0 aliphatic carbocycles. The Balaban J connectivity index is 1.37. The number of nitrogens with zero attached hydrogens (tertiary/aromatic N) is 3. The molecule has 3 aromatic carbocycles. The van der Waals surface area contributed by atoms with Gasteiger partial charge in [0.25, 0.3) is 0 Å². The molecule has 186 valence electrons. The second-order valence-corrected chi connectivity index (χ2v) is 9.99. The summed E-state index contributed by atoms with van der Waals surface area (Å²) in [6.45, 7) is 0.0641. The summed E-state index contributed by atoms with van der Waals surface area (Å²) in [5.41, 5.74) is 2.64. The summed E-state index contributed by atoms with van der Waals surface area (Å²) < 4.78 is 13.6. The van der Waals surface area contributed by atoms with E-state index in [-0.39, 0.29) is 17.5 Å². The number of imide groups is 1. The van der Waals surface area contributed by atoms with Gasteiger partial charge in [0.15, 0.2) is 0 Å². The number of amides is 3. The fraction of sp³-hybridized carbons (Fsp3) is 0.185. The van der Waals surface area contributed by atoms with Gasteiger partial charge in [-0.1, -0.05) is 53.5 Å². The normalized spacial score (nSPS) is 23.6. The molecule has 0 aromatic heterocycles. The molecule has 3 aliphatic heterocycles. The van der Waals surface area contributed by atoms with Crippen molar-refractivity contribution in [2.24, 2.45) is 16.9 Å². The van der Waals surface area contributed by atoms with E-state index in [4.69, 9.17) is 23.2 Å². The van der Waals surface area contributed by atoms with Gasteiger partial charge in [-0.3, -0.25) is 19.4 Å². The Morgan fingerprint density at radius 2 is 1.70 bits per heavy atom. The number of carbonyl (C=O) groups is 3. The number of rotatable bonds is 4. The maximum Gasteiger partial charge on any atom is 0.245 e. The molecule has 10 heteroatoms. The van der Waals surface area contributed by atoms with Crippen LogP contribution in [0.5, 0.6) is 0 Å². The van der Waals surface area contributed by atoms with E-state index in [1.165, 1.54) is 18.2 Å². The average Bonchev–Trinajstić information content (AvgIpc) is 3.38. The first-order chi connectivity index (χ1) is 17.8. The zero-order valence-electron chi connectivity index (χ0n) is 19.1. The molecule has 0 spiro atoms. The molecule has 37 heavy (non-hydrogen) atoms. The van der Waals surface area contributed by atoms with E-state index in [2.05, 4.69) is 10.4 Å². The molecule has 6 rings (SSSR count). The van der Waals surface area contributed by atoms with Crippen LogP contribution in [0.4, 0.5) is 10.1 Å². The first kappa shape index (κ1) is 23.6. The highest BCUT2D eigenvalue weighted by molar-refractivity contribution is 6.31. The SMILES string of the molecule is O=C(NCc1ccc(F)c(Cl)c1)C1C2C(=O)N(c3ccc(Cl)cc3)C(=O)C2C2c3ccccc3C=NN12. The lowest BCUT2D eigenvalue weighted by Gasteiger charge is -2.33. The number of anilines is 1. The van der Waals surface area contributed by atoms with E-state index in [1.807, 2.05) is 24.3 Å². The average molecular weight is 537 g/mol. The van der Waals surface area contributed by atoms with Gasteiger partial charge in [0.1, 0.15) is 11.9 Å². The quantitative estimate of drug-likeness (QED) is 0.503. The summed E-state index contributed by atoms with van der Waals surface area (Å²) in [5.74, 6) is -3.64. The maximum absolute atomic E-state index is 13.8. The van der Waals surface area contributed by atoms with Crippen LogP contribution >= 0.6 is 23.2 Å². The molecular formula is C27H19Cl2FN4O3. The minimum Gasteiger partial charge on any atom is -0.350 e.